The molecule has 0 bridgehead atoms. The number of carbonyl (C=O) groups excluding carboxylic acids is 1. The van der Waals surface area contributed by atoms with Crippen LogP contribution in [-0.2, 0) is 9.59 Å². The fraction of sp³-hybridized carbons (Fsp3) is 0.0588. The summed E-state index contributed by atoms with van der Waals surface area (Å²) in [5.41, 5.74) is 0.283. The van der Waals surface area contributed by atoms with Gasteiger partial charge in [-0.2, -0.15) is 0 Å². The highest BCUT2D eigenvalue weighted by atomic mass is 16.4. The second-order valence-corrected chi connectivity index (χ2v) is 4.86. The molecule has 21 heavy (non-hydrogen) atoms. The van der Waals surface area contributed by atoms with Crippen LogP contribution in [0.5, 0.6) is 0 Å². The zero-order valence-electron chi connectivity index (χ0n) is 11.0. The normalized spacial score (nSPS) is 18.7. The minimum atomic E-state index is -1.53. The fourth-order valence-corrected chi connectivity index (χ4v) is 2.48. The molecule has 3 rings (SSSR count). The van der Waals surface area contributed by atoms with E-state index in [9.17, 15) is 14.7 Å². The first-order valence-corrected chi connectivity index (χ1v) is 6.44. The summed E-state index contributed by atoms with van der Waals surface area (Å²) in [7, 11) is 0. The summed E-state index contributed by atoms with van der Waals surface area (Å²) in [5.74, 6) is -2.58. The number of hydrogen-bond acceptors (Lipinski definition) is 3. The molecule has 0 spiro atoms. The van der Waals surface area contributed by atoms with Gasteiger partial charge in [0.05, 0.1) is 6.10 Å². The minimum Gasteiger partial charge on any atom is -0.475 e. The van der Waals surface area contributed by atoms with Crippen LogP contribution < -0.4 is 10.4 Å². The van der Waals surface area contributed by atoms with Gasteiger partial charge in [-0.05, 0) is 45.0 Å². The molecule has 1 unspecified atom stereocenters. The lowest BCUT2D eigenvalue weighted by molar-refractivity contribution is -0.146. The molecule has 2 N–H and O–H groups in total. The number of benzene rings is 2. The van der Waals surface area contributed by atoms with Gasteiger partial charge in [-0.1, -0.05) is 36.4 Å². The molecule has 104 valence electrons. The maximum Gasteiger partial charge on any atom is 0.376 e. The van der Waals surface area contributed by atoms with Crippen molar-refractivity contribution in [3.05, 3.63) is 58.5 Å². The number of aliphatic hydroxyl groups excluding tert-OH is 1. The molecule has 1 atom stereocenters. The molecule has 0 saturated heterocycles. The van der Waals surface area contributed by atoms with E-state index in [4.69, 9.17) is 5.11 Å². The lowest BCUT2D eigenvalue weighted by Gasteiger charge is -2.13. The summed E-state index contributed by atoms with van der Waals surface area (Å²) in [6, 6.07) is 11.6. The maximum atomic E-state index is 11.3. The predicted molar refractivity (Wildman–Crippen MR) is 78.9 cm³/mol. The number of fused-ring (bicyclic) bond motifs is 3. The van der Waals surface area contributed by atoms with Crippen molar-refractivity contribution in [2.45, 2.75) is 6.10 Å². The average molecular weight is 280 g/mol. The highest BCUT2D eigenvalue weighted by Crippen LogP contribution is 2.12. The molecule has 0 heterocycles. The Bertz CT molecular complexity index is 906. The van der Waals surface area contributed by atoms with Gasteiger partial charge in [0.2, 0.25) is 0 Å². The third kappa shape index (κ3) is 2.37. The fourth-order valence-electron chi connectivity index (χ4n) is 2.48. The molecule has 0 saturated carbocycles. The molecular weight excluding hydrogens is 268 g/mol. The number of hydrogen-bond donors (Lipinski definition) is 2. The second kappa shape index (κ2) is 5.00. The van der Waals surface area contributed by atoms with E-state index in [-0.39, 0.29) is 5.57 Å². The maximum absolute atomic E-state index is 11.3. The monoisotopic (exact) mass is 280 g/mol. The third-order valence-corrected chi connectivity index (χ3v) is 3.50. The highest BCUT2D eigenvalue weighted by molar-refractivity contribution is 6.37. The quantitative estimate of drug-likeness (QED) is 0.615. The van der Waals surface area contributed by atoms with E-state index in [1.807, 2.05) is 36.4 Å². The molecule has 1 aliphatic carbocycles. The molecule has 0 aromatic heterocycles. The Balaban J connectivity index is 2.24. The largest absolute Gasteiger partial charge is 0.475 e. The van der Waals surface area contributed by atoms with E-state index >= 15 is 0 Å². The summed E-state index contributed by atoms with van der Waals surface area (Å²) in [6.07, 6.45) is 3.25. The number of ketones is 1. The Morgan fingerprint density at radius 1 is 1.10 bits per heavy atom. The number of carboxylic acids is 1. The van der Waals surface area contributed by atoms with Crippen molar-refractivity contribution in [3.63, 3.8) is 0 Å². The Hall–Kier alpha value is -2.72. The van der Waals surface area contributed by atoms with Gasteiger partial charge in [0.15, 0.2) is 0 Å². The van der Waals surface area contributed by atoms with Gasteiger partial charge >= 0.3 is 5.97 Å². The molecule has 1 aliphatic rings. The van der Waals surface area contributed by atoms with Crippen molar-refractivity contribution in [3.8, 4) is 0 Å². The smallest absolute Gasteiger partial charge is 0.376 e. The Morgan fingerprint density at radius 2 is 1.86 bits per heavy atom. The van der Waals surface area contributed by atoms with Gasteiger partial charge in [0.25, 0.3) is 5.78 Å². The van der Waals surface area contributed by atoms with E-state index in [0.29, 0.717) is 0 Å². The van der Waals surface area contributed by atoms with Crippen LogP contribution in [0.3, 0.4) is 0 Å². The van der Waals surface area contributed by atoms with Crippen molar-refractivity contribution < 1.29 is 19.8 Å². The average Bonchev–Trinajstić information content (AvgIpc) is 2.48. The van der Waals surface area contributed by atoms with E-state index in [1.165, 1.54) is 0 Å². The van der Waals surface area contributed by atoms with Gasteiger partial charge in [0.1, 0.15) is 0 Å². The van der Waals surface area contributed by atoms with Crippen LogP contribution >= 0.6 is 0 Å². The van der Waals surface area contributed by atoms with Crippen LogP contribution in [0.4, 0.5) is 0 Å². The summed E-state index contributed by atoms with van der Waals surface area (Å²) in [4.78, 5) is 21.9. The number of carbonyl (C=O) groups is 2. The predicted octanol–water partition coefficient (Wildman–Crippen LogP) is 0.355. The van der Waals surface area contributed by atoms with E-state index < -0.39 is 17.9 Å². The van der Waals surface area contributed by atoms with Crippen molar-refractivity contribution in [2.24, 2.45) is 0 Å². The van der Waals surface area contributed by atoms with Gasteiger partial charge < -0.3 is 10.2 Å². The minimum absolute atomic E-state index is 0.283. The van der Waals surface area contributed by atoms with Crippen LogP contribution in [0.15, 0.2) is 48.0 Å². The molecular formula is C17H12O4. The van der Waals surface area contributed by atoms with E-state index in [0.717, 1.165) is 27.3 Å². The Morgan fingerprint density at radius 3 is 2.62 bits per heavy atom. The molecule has 0 fully saturated rings. The molecule has 2 aromatic carbocycles. The van der Waals surface area contributed by atoms with E-state index in [1.54, 1.807) is 12.2 Å². The van der Waals surface area contributed by atoms with Crippen molar-refractivity contribution >= 4 is 34.7 Å². The van der Waals surface area contributed by atoms with E-state index in [2.05, 4.69) is 0 Å². The molecule has 0 aliphatic heterocycles. The zero-order valence-corrected chi connectivity index (χ0v) is 11.0. The molecule has 0 amide bonds. The first-order valence-electron chi connectivity index (χ1n) is 6.44. The number of carboxylic acid groups (broad SMARTS) is 1. The van der Waals surface area contributed by atoms with Gasteiger partial charge in [-0.25, -0.2) is 4.79 Å². The van der Waals surface area contributed by atoms with Crippen LogP contribution in [0.25, 0.3) is 22.9 Å². The second-order valence-electron chi connectivity index (χ2n) is 4.86. The zero-order chi connectivity index (χ0) is 15.0. The van der Waals surface area contributed by atoms with Crippen LogP contribution in [-0.4, -0.2) is 28.1 Å². The SMILES string of the molecule is O=C(O)C(=O)/C=C1/C=c2ccc3ccccc3c2=CC1O. The van der Waals surface area contributed by atoms with Crippen molar-refractivity contribution in [1.29, 1.82) is 0 Å². The number of aliphatic hydroxyl groups is 1. The van der Waals surface area contributed by atoms with Gasteiger partial charge in [0, 0.05) is 0 Å². The molecule has 4 nitrogen and oxygen atoms in total. The van der Waals surface area contributed by atoms with Gasteiger partial charge in [-0.3, -0.25) is 4.79 Å². The summed E-state index contributed by atoms with van der Waals surface area (Å²) in [6.45, 7) is 0. The van der Waals surface area contributed by atoms with Crippen LogP contribution in [0.1, 0.15) is 0 Å². The Labute approximate surface area is 120 Å². The standard InChI is InChI=1S/C17H12O4/c18-15-9-14-11(7-12(15)8-16(19)17(20)21)6-5-10-3-1-2-4-13(10)14/h1-9,15,18H,(H,20,21)/b12-8-. The first kappa shape index (κ1) is 13.3. The summed E-state index contributed by atoms with van der Waals surface area (Å²) >= 11 is 0. The summed E-state index contributed by atoms with van der Waals surface area (Å²) in [5, 5.41) is 22.5. The Kier molecular flexibility index (Phi) is 3.16. The van der Waals surface area contributed by atoms with Crippen molar-refractivity contribution in [2.75, 3.05) is 0 Å². The van der Waals surface area contributed by atoms with Gasteiger partial charge in [-0.15, -0.1) is 0 Å². The third-order valence-electron chi connectivity index (χ3n) is 3.50. The molecule has 4 heteroatoms. The van der Waals surface area contributed by atoms with Crippen molar-refractivity contribution in [1.82, 2.24) is 0 Å². The molecule has 0 radical (unpaired) electrons. The topological polar surface area (TPSA) is 74.6 Å². The molecule has 2 aromatic rings. The lowest BCUT2D eigenvalue weighted by Crippen LogP contribution is -2.32. The van der Waals surface area contributed by atoms with Crippen LogP contribution in [0.2, 0.25) is 0 Å². The highest BCUT2D eigenvalue weighted by Gasteiger charge is 2.15. The van der Waals surface area contributed by atoms with Crippen LogP contribution in [0, 0.1) is 0 Å². The summed E-state index contributed by atoms with van der Waals surface area (Å²) < 4.78 is 0. The first-order chi connectivity index (χ1) is 10.1. The number of rotatable bonds is 2. The lowest BCUT2D eigenvalue weighted by atomic mass is 9.96. The number of aliphatic carboxylic acids is 1.